The van der Waals surface area contributed by atoms with Gasteiger partial charge in [-0.25, -0.2) is 0 Å². The van der Waals surface area contributed by atoms with Crippen LogP contribution in [0, 0.1) is 5.41 Å². The number of aliphatic hydroxyl groups excluding tert-OH is 1. The van der Waals surface area contributed by atoms with Crippen LogP contribution < -0.4 is 0 Å². The zero-order valence-corrected chi connectivity index (χ0v) is 10.2. The number of likely N-dealkylation sites (N-methyl/N-ethyl adjacent to an activating group) is 1. The molecule has 0 fully saturated rings. The maximum absolute atomic E-state index is 11.7. The van der Waals surface area contributed by atoms with Gasteiger partial charge in [0, 0.05) is 20.0 Å². The highest BCUT2D eigenvalue weighted by molar-refractivity contribution is 5.84. The van der Waals surface area contributed by atoms with E-state index in [1.54, 1.807) is 20.9 Å². The molecule has 0 heterocycles. The van der Waals surface area contributed by atoms with Crippen molar-refractivity contribution in [2.45, 2.75) is 33.1 Å². The Hall–Kier alpha value is -1.10. The molecule has 0 aromatic heterocycles. The van der Waals surface area contributed by atoms with Gasteiger partial charge in [-0.2, -0.15) is 0 Å². The summed E-state index contributed by atoms with van der Waals surface area (Å²) in [6.07, 6.45) is 0.848. The number of carboxylic acid groups (broad SMARTS) is 1. The molecule has 5 nitrogen and oxygen atoms in total. The standard InChI is InChI=1S/C11H21NO4/c1-4-11(5-2,10(15)16)8-9(14)12(3)6-7-13/h13H,4-8H2,1-3H3,(H,15,16). The summed E-state index contributed by atoms with van der Waals surface area (Å²) in [5.74, 6) is -1.16. The van der Waals surface area contributed by atoms with Crippen molar-refractivity contribution in [3.63, 3.8) is 0 Å². The van der Waals surface area contributed by atoms with Crippen molar-refractivity contribution in [2.75, 3.05) is 20.2 Å². The fourth-order valence-electron chi connectivity index (χ4n) is 1.58. The first-order valence-electron chi connectivity index (χ1n) is 5.51. The van der Waals surface area contributed by atoms with E-state index in [1.165, 1.54) is 4.90 Å². The first-order valence-corrected chi connectivity index (χ1v) is 5.51. The lowest BCUT2D eigenvalue weighted by molar-refractivity contribution is -0.154. The fraction of sp³-hybridized carbons (Fsp3) is 0.818. The number of amides is 1. The normalized spacial score (nSPS) is 11.2. The molecule has 0 unspecified atom stereocenters. The molecular formula is C11H21NO4. The first kappa shape index (κ1) is 14.9. The lowest BCUT2D eigenvalue weighted by atomic mass is 9.79. The van der Waals surface area contributed by atoms with E-state index >= 15 is 0 Å². The summed E-state index contributed by atoms with van der Waals surface area (Å²) in [4.78, 5) is 24.3. The Balaban J connectivity index is 4.64. The summed E-state index contributed by atoms with van der Waals surface area (Å²) in [6, 6.07) is 0. The molecule has 0 spiro atoms. The monoisotopic (exact) mass is 231 g/mol. The molecule has 0 radical (unpaired) electrons. The van der Waals surface area contributed by atoms with Crippen LogP contribution in [0.15, 0.2) is 0 Å². The second kappa shape index (κ2) is 6.48. The van der Waals surface area contributed by atoms with Gasteiger partial charge in [-0.1, -0.05) is 13.8 Å². The Morgan fingerprint density at radius 1 is 1.25 bits per heavy atom. The van der Waals surface area contributed by atoms with Gasteiger partial charge in [0.05, 0.1) is 12.0 Å². The highest BCUT2D eigenvalue weighted by atomic mass is 16.4. The molecule has 0 aliphatic carbocycles. The summed E-state index contributed by atoms with van der Waals surface area (Å²) >= 11 is 0. The Morgan fingerprint density at radius 3 is 2.06 bits per heavy atom. The molecule has 0 aliphatic heterocycles. The van der Waals surface area contributed by atoms with Gasteiger partial charge in [-0.3, -0.25) is 9.59 Å². The molecule has 0 aliphatic rings. The van der Waals surface area contributed by atoms with Crippen molar-refractivity contribution in [3.8, 4) is 0 Å². The molecule has 0 bridgehead atoms. The summed E-state index contributed by atoms with van der Waals surface area (Å²) in [6.45, 7) is 3.68. The number of carbonyl (C=O) groups excluding carboxylic acids is 1. The zero-order valence-electron chi connectivity index (χ0n) is 10.2. The van der Waals surface area contributed by atoms with Crippen molar-refractivity contribution in [1.29, 1.82) is 0 Å². The number of nitrogens with zero attached hydrogens (tertiary/aromatic N) is 1. The Bertz CT molecular complexity index is 248. The largest absolute Gasteiger partial charge is 0.481 e. The third kappa shape index (κ3) is 3.48. The van der Waals surface area contributed by atoms with Crippen LogP contribution in [0.25, 0.3) is 0 Å². The number of hydrogen-bond donors (Lipinski definition) is 2. The van der Waals surface area contributed by atoms with Gasteiger partial charge < -0.3 is 15.1 Å². The van der Waals surface area contributed by atoms with Crippen LogP contribution in [0.5, 0.6) is 0 Å². The Morgan fingerprint density at radius 2 is 1.75 bits per heavy atom. The van der Waals surface area contributed by atoms with Gasteiger partial charge >= 0.3 is 5.97 Å². The van der Waals surface area contributed by atoms with Crippen LogP contribution in [0.4, 0.5) is 0 Å². The molecule has 94 valence electrons. The molecule has 5 heteroatoms. The Kier molecular flexibility index (Phi) is 6.03. The van der Waals surface area contributed by atoms with E-state index in [0.717, 1.165) is 0 Å². The SMILES string of the molecule is CCC(CC)(CC(=O)N(C)CCO)C(=O)O. The minimum Gasteiger partial charge on any atom is -0.481 e. The molecule has 2 N–H and O–H groups in total. The summed E-state index contributed by atoms with van der Waals surface area (Å²) in [5.41, 5.74) is -0.971. The van der Waals surface area contributed by atoms with Gasteiger partial charge in [0.25, 0.3) is 0 Å². The first-order chi connectivity index (χ1) is 7.43. The van der Waals surface area contributed by atoms with Gasteiger partial charge in [-0.15, -0.1) is 0 Å². The number of aliphatic carboxylic acids is 1. The molecule has 0 atom stereocenters. The van der Waals surface area contributed by atoms with Gasteiger partial charge in [0.1, 0.15) is 0 Å². The van der Waals surface area contributed by atoms with Crippen molar-refractivity contribution in [2.24, 2.45) is 5.41 Å². The van der Waals surface area contributed by atoms with Crippen LogP contribution >= 0.6 is 0 Å². The molecule has 1 amide bonds. The Labute approximate surface area is 96.1 Å². The number of carboxylic acids is 1. The second-order valence-electron chi connectivity index (χ2n) is 4.01. The predicted molar refractivity (Wildman–Crippen MR) is 60.0 cm³/mol. The second-order valence-corrected chi connectivity index (χ2v) is 4.01. The van der Waals surface area contributed by atoms with Crippen LogP contribution in [-0.2, 0) is 9.59 Å². The average Bonchev–Trinajstić information content (AvgIpc) is 2.25. The minimum atomic E-state index is -0.971. The van der Waals surface area contributed by atoms with E-state index in [9.17, 15) is 9.59 Å². The summed E-state index contributed by atoms with van der Waals surface area (Å²) < 4.78 is 0. The quantitative estimate of drug-likeness (QED) is 0.676. The van der Waals surface area contributed by atoms with Crippen molar-refractivity contribution >= 4 is 11.9 Å². The number of aliphatic hydroxyl groups is 1. The summed E-state index contributed by atoms with van der Waals surface area (Å²) in [5, 5.41) is 17.9. The van der Waals surface area contributed by atoms with E-state index in [4.69, 9.17) is 10.2 Å². The third-order valence-electron chi connectivity index (χ3n) is 3.16. The smallest absolute Gasteiger partial charge is 0.310 e. The minimum absolute atomic E-state index is 0.00810. The summed E-state index contributed by atoms with van der Waals surface area (Å²) in [7, 11) is 1.57. The highest BCUT2D eigenvalue weighted by Crippen LogP contribution is 2.31. The zero-order chi connectivity index (χ0) is 12.8. The van der Waals surface area contributed by atoms with Crippen molar-refractivity contribution in [3.05, 3.63) is 0 Å². The average molecular weight is 231 g/mol. The van der Waals surface area contributed by atoms with Crippen LogP contribution in [0.3, 0.4) is 0 Å². The van der Waals surface area contributed by atoms with Crippen LogP contribution in [0.1, 0.15) is 33.1 Å². The molecule has 0 aromatic rings. The van der Waals surface area contributed by atoms with Gasteiger partial charge in [-0.05, 0) is 12.8 Å². The number of rotatable bonds is 7. The lowest BCUT2D eigenvalue weighted by Gasteiger charge is -2.28. The fourth-order valence-corrected chi connectivity index (χ4v) is 1.58. The van der Waals surface area contributed by atoms with E-state index in [2.05, 4.69) is 0 Å². The van der Waals surface area contributed by atoms with Crippen LogP contribution in [-0.4, -0.2) is 47.2 Å². The molecule has 0 saturated heterocycles. The van der Waals surface area contributed by atoms with E-state index in [-0.39, 0.29) is 25.5 Å². The maximum Gasteiger partial charge on any atom is 0.310 e. The molecular weight excluding hydrogens is 210 g/mol. The predicted octanol–water partition coefficient (Wildman–Crippen LogP) is 0.718. The van der Waals surface area contributed by atoms with Crippen LogP contribution in [0.2, 0.25) is 0 Å². The van der Waals surface area contributed by atoms with Gasteiger partial charge in [0.2, 0.25) is 5.91 Å². The number of carbonyl (C=O) groups is 2. The molecule has 0 saturated carbocycles. The topological polar surface area (TPSA) is 77.8 Å². The van der Waals surface area contributed by atoms with Crippen molar-refractivity contribution < 1.29 is 19.8 Å². The van der Waals surface area contributed by atoms with E-state index < -0.39 is 11.4 Å². The third-order valence-corrected chi connectivity index (χ3v) is 3.16. The number of hydrogen-bond acceptors (Lipinski definition) is 3. The highest BCUT2D eigenvalue weighted by Gasteiger charge is 2.37. The molecule has 0 aromatic carbocycles. The van der Waals surface area contributed by atoms with Gasteiger partial charge in [0.15, 0.2) is 0 Å². The van der Waals surface area contributed by atoms with Crippen molar-refractivity contribution in [1.82, 2.24) is 4.90 Å². The van der Waals surface area contributed by atoms with E-state index in [0.29, 0.717) is 12.8 Å². The molecule has 16 heavy (non-hydrogen) atoms. The molecule has 0 rings (SSSR count). The van der Waals surface area contributed by atoms with E-state index in [1.807, 2.05) is 0 Å². The maximum atomic E-state index is 11.7. The lowest BCUT2D eigenvalue weighted by Crippen LogP contribution is -2.38.